The molecule has 2 aliphatic carbocycles. The summed E-state index contributed by atoms with van der Waals surface area (Å²) in [4.78, 5) is 26.6. The van der Waals surface area contributed by atoms with E-state index in [9.17, 15) is 18.0 Å². The number of benzene rings is 2. The predicted octanol–water partition coefficient (Wildman–Crippen LogP) is 3.63. The molecule has 2 aromatic rings. The maximum absolute atomic E-state index is 13.3. The molecule has 2 heterocycles. The van der Waals surface area contributed by atoms with Gasteiger partial charge in [-0.25, -0.2) is 8.42 Å². The van der Waals surface area contributed by atoms with Gasteiger partial charge in [-0.15, -0.1) is 0 Å². The van der Waals surface area contributed by atoms with Gasteiger partial charge in [-0.05, 0) is 43.4 Å². The zero-order chi connectivity index (χ0) is 22.0. The summed E-state index contributed by atoms with van der Waals surface area (Å²) in [7, 11) is -3.65. The van der Waals surface area contributed by atoms with Gasteiger partial charge in [0, 0.05) is 29.5 Å². The summed E-state index contributed by atoms with van der Waals surface area (Å²) in [5.41, 5.74) is 1.94. The minimum atomic E-state index is -3.65. The quantitative estimate of drug-likeness (QED) is 0.621. The van der Waals surface area contributed by atoms with Crippen LogP contribution in [0.4, 0.5) is 0 Å². The van der Waals surface area contributed by atoms with Crippen LogP contribution in [-0.2, 0) is 10.0 Å². The third-order valence-electron chi connectivity index (χ3n) is 7.36. The van der Waals surface area contributed by atoms with Crippen molar-refractivity contribution in [3.05, 3.63) is 71.3 Å². The molecule has 32 heavy (non-hydrogen) atoms. The summed E-state index contributed by atoms with van der Waals surface area (Å²) in [6.45, 7) is 0.464. The highest BCUT2D eigenvalue weighted by atomic mass is 32.2. The Kier molecular flexibility index (Phi) is 4.42. The first-order valence-corrected chi connectivity index (χ1v) is 12.5. The number of nitrogens with zero attached hydrogens (tertiary/aromatic N) is 1. The number of carbonyl (C=O) groups excluding carboxylic acids is 2. The van der Waals surface area contributed by atoms with E-state index in [-0.39, 0.29) is 28.4 Å². The Morgan fingerprint density at radius 3 is 2.38 bits per heavy atom. The molecule has 2 aromatic carbocycles. The lowest BCUT2D eigenvalue weighted by Crippen LogP contribution is -2.46. The average molecular weight is 450 g/mol. The number of fused-ring (bicyclic) bond motifs is 4. The lowest BCUT2D eigenvalue weighted by Gasteiger charge is -2.37. The fourth-order valence-corrected chi connectivity index (χ4v) is 7.64. The molecule has 1 saturated heterocycles. The number of hydrogen-bond acceptors (Lipinski definition) is 5. The fraction of sp³-hybridized carbons (Fsp3) is 0.360. The maximum Gasteiger partial charge on any atom is 0.247 e. The maximum atomic E-state index is 13.3. The van der Waals surface area contributed by atoms with Crippen LogP contribution in [0.25, 0.3) is 0 Å². The first kappa shape index (κ1) is 19.9. The van der Waals surface area contributed by atoms with Gasteiger partial charge in [-0.2, -0.15) is 4.31 Å². The van der Waals surface area contributed by atoms with E-state index in [1.54, 1.807) is 52.8 Å². The molecule has 2 unspecified atom stereocenters. The normalized spacial score (nSPS) is 30.8. The van der Waals surface area contributed by atoms with Crippen LogP contribution in [0.2, 0.25) is 0 Å². The molecule has 0 radical (unpaired) electrons. The molecule has 0 saturated carbocycles. The second-order valence-electron chi connectivity index (χ2n) is 9.02. The Morgan fingerprint density at radius 2 is 1.59 bits per heavy atom. The molecule has 0 N–H and O–H groups in total. The van der Waals surface area contributed by atoms with Crippen molar-refractivity contribution < 1.29 is 22.7 Å². The molecule has 164 valence electrons. The summed E-state index contributed by atoms with van der Waals surface area (Å²) in [6, 6.07) is 13.5. The van der Waals surface area contributed by atoms with E-state index >= 15 is 0 Å². The number of ether oxygens (including phenoxy) is 1. The smallest absolute Gasteiger partial charge is 0.247 e. The van der Waals surface area contributed by atoms with Crippen molar-refractivity contribution in [2.75, 3.05) is 6.54 Å². The SMILES string of the molecule is O=C1c2ccccc2C(=O)C2CC([C@H]3Oc4ccccc4S(=O)(=O)N4CCC[C@@H]34)=CCC12. The minimum Gasteiger partial charge on any atom is -0.483 e. The van der Waals surface area contributed by atoms with Crippen LogP contribution in [0, 0.1) is 11.8 Å². The van der Waals surface area contributed by atoms with Crippen molar-refractivity contribution in [3.8, 4) is 5.75 Å². The van der Waals surface area contributed by atoms with Gasteiger partial charge in [0.1, 0.15) is 16.7 Å². The third-order valence-corrected chi connectivity index (χ3v) is 9.32. The van der Waals surface area contributed by atoms with Crippen molar-refractivity contribution >= 4 is 21.6 Å². The molecular formula is C25H23NO5S. The molecular weight excluding hydrogens is 426 g/mol. The van der Waals surface area contributed by atoms with Gasteiger partial charge in [0.15, 0.2) is 11.6 Å². The highest BCUT2D eigenvalue weighted by molar-refractivity contribution is 7.89. The largest absolute Gasteiger partial charge is 0.483 e. The second kappa shape index (κ2) is 7.12. The summed E-state index contributed by atoms with van der Waals surface area (Å²) in [5, 5.41) is 0. The van der Waals surface area contributed by atoms with Crippen LogP contribution in [-0.4, -0.2) is 43.0 Å². The van der Waals surface area contributed by atoms with E-state index in [1.165, 1.54) is 0 Å². The van der Waals surface area contributed by atoms with Crippen LogP contribution in [0.1, 0.15) is 46.4 Å². The zero-order valence-corrected chi connectivity index (χ0v) is 18.3. The topological polar surface area (TPSA) is 80.8 Å². The lowest BCUT2D eigenvalue weighted by molar-refractivity contribution is 0.0708. The lowest BCUT2D eigenvalue weighted by atomic mass is 9.67. The van der Waals surface area contributed by atoms with Gasteiger partial charge in [-0.3, -0.25) is 9.59 Å². The zero-order valence-electron chi connectivity index (χ0n) is 17.4. The Labute approximate surface area is 186 Å². The second-order valence-corrected chi connectivity index (χ2v) is 10.9. The van der Waals surface area contributed by atoms with Crippen LogP contribution >= 0.6 is 0 Å². The number of hydrogen-bond donors (Lipinski definition) is 0. The Bertz CT molecular complexity index is 1280. The number of rotatable bonds is 1. The van der Waals surface area contributed by atoms with E-state index in [1.807, 2.05) is 6.08 Å². The van der Waals surface area contributed by atoms with Crippen molar-refractivity contribution in [3.63, 3.8) is 0 Å². The first-order chi connectivity index (χ1) is 15.5. The molecule has 7 heteroatoms. The summed E-state index contributed by atoms with van der Waals surface area (Å²) < 4.78 is 34.6. The molecule has 0 aromatic heterocycles. The Morgan fingerprint density at radius 1 is 0.906 bits per heavy atom. The average Bonchev–Trinajstić information content (AvgIpc) is 3.28. The number of carbonyl (C=O) groups is 2. The third kappa shape index (κ3) is 2.77. The minimum absolute atomic E-state index is 0.000668. The molecule has 6 rings (SSSR count). The van der Waals surface area contributed by atoms with Crippen molar-refractivity contribution in [2.45, 2.75) is 42.7 Å². The molecule has 6 nitrogen and oxygen atoms in total. The van der Waals surface area contributed by atoms with Crippen LogP contribution in [0.3, 0.4) is 0 Å². The molecule has 4 atom stereocenters. The van der Waals surface area contributed by atoms with E-state index in [0.717, 1.165) is 12.0 Å². The summed E-state index contributed by atoms with van der Waals surface area (Å²) in [5.74, 6) is -0.404. The van der Waals surface area contributed by atoms with Crippen LogP contribution < -0.4 is 4.74 Å². The van der Waals surface area contributed by atoms with Gasteiger partial charge >= 0.3 is 0 Å². The number of para-hydroxylation sites is 1. The molecule has 1 fully saturated rings. The molecule has 0 bridgehead atoms. The van der Waals surface area contributed by atoms with E-state index in [4.69, 9.17) is 4.74 Å². The van der Waals surface area contributed by atoms with Gasteiger partial charge in [0.25, 0.3) is 0 Å². The van der Waals surface area contributed by atoms with E-state index in [2.05, 4.69) is 0 Å². The highest BCUT2D eigenvalue weighted by Crippen LogP contribution is 2.45. The Hall–Kier alpha value is -2.77. The van der Waals surface area contributed by atoms with Crippen molar-refractivity contribution in [1.82, 2.24) is 4.31 Å². The molecule has 2 aliphatic heterocycles. The van der Waals surface area contributed by atoms with Crippen LogP contribution in [0.15, 0.2) is 65.1 Å². The summed E-state index contributed by atoms with van der Waals surface area (Å²) >= 11 is 0. The first-order valence-electron chi connectivity index (χ1n) is 11.1. The van der Waals surface area contributed by atoms with Crippen molar-refractivity contribution in [1.29, 1.82) is 0 Å². The van der Waals surface area contributed by atoms with E-state index in [0.29, 0.717) is 42.7 Å². The standard InChI is InChI=1S/C25H23NO5S/c27-23-16-6-1-2-7-17(16)24(28)19-14-15(11-12-18(19)23)25-20-8-5-13-26(20)32(29,30)22-10-4-3-9-21(22)31-25/h1-4,6-7,9-11,18-20,25H,5,8,12-14H2/t18?,19?,20-,25+/m0/s1. The Balaban J connectivity index is 1.40. The molecule has 4 aliphatic rings. The monoisotopic (exact) mass is 449 g/mol. The van der Waals surface area contributed by atoms with Crippen LogP contribution in [0.5, 0.6) is 5.75 Å². The number of sulfonamides is 1. The van der Waals surface area contributed by atoms with Crippen molar-refractivity contribution in [2.24, 2.45) is 11.8 Å². The fourth-order valence-electron chi connectivity index (χ4n) is 5.82. The highest BCUT2D eigenvalue weighted by Gasteiger charge is 2.49. The van der Waals surface area contributed by atoms with E-state index < -0.39 is 22.0 Å². The van der Waals surface area contributed by atoms with Gasteiger partial charge in [0.2, 0.25) is 10.0 Å². The van der Waals surface area contributed by atoms with Gasteiger partial charge < -0.3 is 4.74 Å². The molecule has 0 spiro atoms. The van der Waals surface area contributed by atoms with Gasteiger partial charge in [0.05, 0.1) is 6.04 Å². The summed E-state index contributed by atoms with van der Waals surface area (Å²) in [6.07, 6.45) is 3.93. The van der Waals surface area contributed by atoms with Gasteiger partial charge in [-0.1, -0.05) is 42.5 Å². The number of allylic oxidation sites excluding steroid dienone is 1. The molecule has 0 amide bonds. The number of ketones is 2. The number of Topliss-reactive ketones (excluding diaryl/α,β-unsaturated/α-hetero) is 2. The predicted molar refractivity (Wildman–Crippen MR) is 117 cm³/mol.